The monoisotopic (exact) mass is 224 g/mol. The number of hydrogen-bond acceptors (Lipinski definition) is 2. The summed E-state index contributed by atoms with van der Waals surface area (Å²) in [6.45, 7) is 6.01. The van der Waals surface area contributed by atoms with Gasteiger partial charge in [-0.15, -0.1) is 0 Å². The van der Waals surface area contributed by atoms with Crippen LogP contribution in [0, 0.1) is 0 Å². The maximum atomic E-state index is 12.1. The van der Waals surface area contributed by atoms with E-state index < -0.39 is 11.9 Å². The molecular weight excluding hydrogens is 209 g/mol. The molecule has 1 aromatic heterocycles. The Bertz CT molecular complexity index is 294. The van der Waals surface area contributed by atoms with Gasteiger partial charge < -0.3 is 4.74 Å². The Kier molecular flexibility index (Phi) is 5.18. The summed E-state index contributed by atoms with van der Waals surface area (Å²) in [5.41, 5.74) is -0.932. The molecule has 15 heavy (non-hydrogen) atoms. The molecule has 0 bridgehead atoms. The molecular formula is C9H15F3N2O. The van der Waals surface area contributed by atoms with Crippen LogP contribution in [0.15, 0.2) is 6.07 Å². The summed E-state index contributed by atoms with van der Waals surface area (Å²) in [4.78, 5) is 0. The first kappa shape index (κ1) is 13.8. The van der Waals surface area contributed by atoms with Crippen LogP contribution in [0.3, 0.4) is 0 Å². The predicted molar refractivity (Wildman–Crippen MR) is 50.7 cm³/mol. The minimum atomic E-state index is -4.41. The molecule has 1 rings (SSSR count). The number of hydrogen-bond donors (Lipinski definition) is 0. The third-order valence-corrected chi connectivity index (χ3v) is 1.42. The van der Waals surface area contributed by atoms with Crippen molar-refractivity contribution in [3.8, 4) is 5.88 Å². The molecule has 0 aliphatic heterocycles. The maximum absolute atomic E-state index is 12.1. The number of halogens is 3. The highest BCUT2D eigenvalue weighted by molar-refractivity contribution is 5.17. The minimum Gasteiger partial charge on any atom is -0.478 e. The van der Waals surface area contributed by atoms with Crippen LogP contribution in [-0.4, -0.2) is 16.4 Å². The van der Waals surface area contributed by atoms with Crippen LogP contribution in [0.2, 0.25) is 0 Å². The molecule has 0 fully saturated rings. The summed E-state index contributed by atoms with van der Waals surface area (Å²) in [5, 5.41) is 3.27. The van der Waals surface area contributed by atoms with E-state index in [2.05, 4.69) is 5.10 Å². The van der Waals surface area contributed by atoms with Gasteiger partial charge in [0.1, 0.15) is 0 Å². The topological polar surface area (TPSA) is 27.1 Å². The summed E-state index contributed by atoms with van der Waals surface area (Å²) < 4.78 is 42.2. The minimum absolute atomic E-state index is 0.120. The average Bonchev–Trinajstić information content (AvgIpc) is 2.52. The fourth-order valence-electron chi connectivity index (χ4n) is 0.872. The van der Waals surface area contributed by atoms with E-state index in [1.54, 1.807) is 6.92 Å². The highest BCUT2D eigenvalue weighted by Gasteiger charge is 2.34. The van der Waals surface area contributed by atoms with Gasteiger partial charge in [0.2, 0.25) is 5.88 Å². The molecule has 0 unspecified atom stereocenters. The van der Waals surface area contributed by atoms with Crippen LogP contribution in [0.5, 0.6) is 5.88 Å². The van der Waals surface area contributed by atoms with Crippen LogP contribution in [-0.2, 0) is 13.2 Å². The highest BCUT2D eigenvalue weighted by atomic mass is 19.4. The van der Waals surface area contributed by atoms with Crippen molar-refractivity contribution >= 4 is 0 Å². The molecule has 88 valence electrons. The Hall–Kier alpha value is -1.20. The van der Waals surface area contributed by atoms with Crippen molar-refractivity contribution in [1.29, 1.82) is 0 Å². The van der Waals surface area contributed by atoms with Crippen molar-refractivity contribution in [2.45, 2.75) is 26.9 Å². The molecule has 0 aromatic carbocycles. The Morgan fingerprint density at radius 3 is 2.27 bits per heavy atom. The molecule has 0 atom stereocenters. The van der Waals surface area contributed by atoms with E-state index in [1.165, 1.54) is 7.05 Å². The summed E-state index contributed by atoms with van der Waals surface area (Å²) >= 11 is 0. The number of rotatable bonds is 2. The Balaban J connectivity index is 0.000000921. The smallest absolute Gasteiger partial charge is 0.435 e. The van der Waals surface area contributed by atoms with E-state index >= 15 is 0 Å². The normalized spacial score (nSPS) is 10.6. The molecule has 0 spiro atoms. The van der Waals surface area contributed by atoms with E-state index in [4.69, 9.17) is 4.74 Å². The number of nitrogens with zero attached hydrogens (tertiary/aromatic N) is 2. The van der Waals surface area contributed by atoms with Gasteiger partial charge in [-0.3, -0.25) is 0 Å². The van der Waals surface area contributed by atoms with Crippen molar-refractivity contribution in [2.24, 2.45) is 7.05 Å². The second-order valence-corrected chi connectivity index (χ2v) is 2.42. The van der Waals surface area contributed by atoms with Crippen molar-refractivity contribution in [1.82, 2.24) is 9.78 Å². The zero-order chi connectivity index (χ0) is 12.1. The lowest BCUT2D eigenvalue weighted by Gasteiger charge is -1.99. The molecule has 0 saturated heterocycles. The summed E-state index contributed by atoms with van der Waals surface area (Å²) in [6.07, 6.45) is -4.41. The molecule has 1 aromatic rings. The number of aromatic nitrogens is 2. The van der Waals surface area contributed by atoms with E-state index in [9.17, 15) is 13.2 Å². The maximum Gasteiger partial charge on any atom is 0.435 e. The quantitative estimate of drug-likeness (QED) is 0.772. The van der Waals surface area contributed by atoms with Gasteiger partial charge in [0.25, 0.3) is 0 Å². The SMILES string of the molecule is CC.CCOc1cc(C(F)(F)F)nn1C. The first-order valence-corrected chi connectivity index (χ1v) is 4.69. The highest BCUT2D eigenvalue weighted by Crippen LogP contribution is 2.30. The van der Waals surface area contributed by atoms with Gasteiger partial charge in [0.05, 0.1) is 6.61 Å². The van der Waals surface area contributed by atoms with Gasteiger partial charge in [-0.2, -0.15) is 18.3 Å². The Labute approximate surface area is 86.8 Å². The lowest BCUT2D eigenvalue weighted by Crippen LogP contribution is -2.06. The molecule has 6 heteroatoms. The summed E-state index contributed by atoms with van der Waals surface area (Å²) in [6, 6.07) is 0.878. The first-order chi connectivity index (χ1) is 6.95. The third-order valence-electron chi connectivity index (χ3n) is 1.42. The van der Waals surface area contributed by atoms with Crippen LogP contribution in [0.4, 0.5) is 13.2 Å². The molecule has 0 saturated carbocycles. The fraction of sp³-hybridized carbons (Fsp3) is 0.667. The molecule has 0 aliphatic carbocycles. The van der Waals surface area contributed by atoms with Gasteiger partial charge in [-0.1, -0.05) is 13.8 Å². The van der Waals surface area contributed by atoms with Crippen molar-refractivity contribution in [3.05, 3.63) is 11.8 Å². The van der Waals surface area contributed by atoms with Crippen LogP contribution >= 0.6 is 0 Å². The van der Waals surface area contributed by atoms with Crippen molar-refractivity contribution in [3.63, 3.8) is 0 Å². The molecule has 1 heterocycles. The van der Waals surface area contributed by atoms with Crippen molar-refractivity contribution < 1.29 is 17.9 Å². The molecule has 0 aliphatic rings. The summed E-state index contributed by atoms with van der Waals surface area (Å²) in [7, 11) is 1.40. The van der Waals surface area contributed by atoms with E-state index in [1.807, 2.05) is 13.8 Å². The Morgan fingerprint density at radius 2 is 1.93 bits per heavy atom. The predicted octanol–water partition coefficient (Wildman–Crippen LogP) is 2.86. The Morgan fingerprint density at radius 1 is 1.40 bits per heavy atom. The largest absolute Gasteiger partial charge is 0.478 e. The van der Waals surface area contributed by atoms with E-state index in [0.29, 0.717) is 6.61 Å². The fourth-order valence-corrected chi connectivity index (χ4v) is 0.872. The van der Waals surface area contributed by atoms with E-state index in [0.717, 1.165) is 10.7 Å². The summed E-state index contributed by atoms with van der Waals surface area (Å²) in [5.74, 6) is 0.120. The standard InChI is InChI=1S/C7H9F3N2O.C2H6/c1-3-13-6-4-5(7(8,9)10)11-12(6)2;1-2/h4H,3H2,1-2H3;1-2H3. The lowest BCUT2D eigenvalue weighted by atomic mass is 10.4. The van der Waals surface area contributed by atoms with Crippen molar-refractivity contribution in [2.75, 3.05) is 6.61 Å². The lowest BCUT2D eigenvalue weighted by molar-refractivity contribution is -0.141. The van der Waals surface area contributed by atoms with Gasteiger partial charge in [-0.25, -0.2) is 4.68 Å². The first-order valence-electron chi connectivity index (χ1n) is 4.69. The van der Waals surface area contributed by atoms with E-state index in [-0.39, 0.29) is 5.88 Å². The van der Waals surface area contributed by atoms with Gasteiger partial charge in [0, 0.05) is 13.1 Å². The zero-order valence-corrected chi connectivity index (χ0v) is 9.22. The molecule has 0 amide bonds. The van der Waals surface area contributed by atoms with Crippen LogP contribution < -0.4 is 4.74 Å². The second kappa shape index (κ2) is 5.63. The molecule has 0 N–H and O–H groups in total. The molecule has 3 nitrogen and oxygen atoms in total. The van der Waals surface area contributed by atoms with Gasteiger partial charge in [0.15, 0.2) is 5.69 Å². The number of alkyl halides is 3. The van der Waals surface area contributed by atoms with Crippen LogP contribution in [0.25, 0.3) is 0 Å². The number of ether oxygens (including phenoxy) is 1. The van der Waals surface area contributed by atoms with Gasteiger partial charge in [-0.05, 0) is 6.92 Å². The molecule has 0 radical (unpaired) electrons. The third kappa shape index (κ3) is 3.81. The average molecular weight is 224 g/mol. The van der Waals surface area contributed by atoms with Crippen LogP contribution in [0.1, 0.15) is 26.5 Å². The number of aryl methyl sites for hydroxylation is 1. The second-order valence-electron chi connectivity index (χ2n) is 2.42. The zero-order valence-electron chi connectivity index (χ0n) is 9.22. The van der Waals surface area contributed by atoms with Gasteiger partial charge >= 0.3 is 6.18 Å².